The third-order valence-corrected chi connectivity index (χ3v) is 3.09. The van der Waals surface area contributed by atoms with E-state index < -0.39 is 11.0 Å². The van der Waals surface area contributed by atoms with E-state index in [1.54, 1.807) is 12.1 Å². The van der Waals surface area contributed by atoms with Gasteiger partial charge in [0.2, 0.25) is 0 Å². The Hall–Kier alpha value is -2.12. The Labute approximate surface area is 125 Å². The van der Waals surface area contributed by atoms with Crippen LogP contribution in [0, 0.1) is 10.1 Å². The average Bonchev–Trinajstić information content (AvgIpc) is 2.85. The maximum absolute atomic E-state index is 10.6. The summed E-state index contributed by atoms with van der Waals surface area (Å²) in [5.74, 6) is 0.364. The highest BCUT2D eigenvalue weighted by Gasteiger charge is 2.17. The zero-order chi connectivity index (χ0) is 15.2. The Kier molecular flexibility index (Phi) is 5.13. The van der Waals surface area contributed by atoms with Gasteiger partial charge in [-0.05, 0) is 40.1 Å². The monoisotopic (exact) mass is 311 g/mol. The molecule has 0 bridgehead atoms. The summed E-state index contributed by atoms with van der Waals surface area (Å²) in [6, 6.07) is 9.14. The van der Waals surface area contributed by atoms with Gasteiger partial charge in [-0.2, -0.15) is 0 Å². The summed E-state index contributed by atoms with van der Waals surface area (Å²) in [5.41, 5.74) is 0. The van der Waals surface area contributed by atoms with E-state index in [1.807, 2.05) is 18.2 Å². The number of nitro groups is 1. The summed E-state index contributed by atoms with van der Waals surface area (Å²) in [6.45, 7) is 0.456. The van der Waals surface area contributed by atoms with E-state index in [9.17, 15) is 15.2 Å². The van der Waals surface area contributed by atoms with E-state index in [4.69, 9.17) is 16.3 Å². The molecule has 2 rings (SSSR count). The highest BCUT2D eigenvalue weighted by molar-refractivity contribution is 6.28. The lowest BCUT2D eigenvalue weighted by molar-refractivity contribution is -0.389. The Morgan fingerprint density at radius 1 is 1.43 bits per heavy atom. The number of hydrogen-bond donors (Lipinski definition) is 1. The van der Waals surface area contributed by atoms with E-state index >= 15 is 0 Å². The topological polar surface area (TPSA) is 90.4 Å². The summed E-state index contributed by atoms with van der Waals surface area (Å²) in [7, 11) is 0. The number of benzene rings is 1. The highest BCUT2D eigenvalue weighted by Crippen LogP contribution is 2.16. The van der Waals surface area contributed by atoms with Crippen LogP contribution < -0.4 is 4.74 Å². The third kappa shape index (κ3) is 4.44. The zero-order valence-electron chi connectivity index (χ0n) is 11.1. The van der Waals surface area contributed by atoms with Gasteiger partial charge in [-0.15, -0.1) is 0 Å². The molecule has 1 aromatic heterocycles. The van der Waals surface area contributed by atoms with Crippen molar-refractivity contribution in [3.63, 3.8) is 0 Å². The SMILES string of the molecule is O=[N+]([O-])c1cn(CC[C@@H](O)COc2ccccc2)c(Cl)n1. The van der Waals surface area contributed by atoms with Gasteiger partial charge in [-0.3, -0.25) is 4.57 Å². The highest BCUT2D eigenvalue weighted by atomic mass is 35.5. The number of hydrogen-bond acceptors (Lipinski definition) is 5. The number of rotatable bonds is 7. The van der Waals surface area contributed by atoms with Crippen molar-refractivity contribution >= 4 is 17.4 Å². The standard InChI is InChI=1S/C13H14ClN3O4/c14-13-15-12(17(19)20)8-16(13)7-6-10(18)9-21-11-4-2-1-3-5-11/h1-5,8,10,18H,6-7,9H2/t10-/m1/s1. The first kappa shape index (κ1) is 15.3. The van der Waals surface area contributed by atoms with Gasteiger partial charge >= 0.3 is 11.1 Å². The summed E-state index contributed by atoms with van der Waals surface area (Å²) in [4.78, 5) is 13.6. The first-order chi connectivity index (χ1) is 10.1. The molecule has 0 unspecified atom stereocenters. The van der Waals surface area contributed by atoms with Crippen molar-refractivity contribution in [3.05, 3.63) is 51.9 Å². The first-order valence-corrected chi connectivity index (χ1v) is 6.67. The van der Waals surface area contributed by atoms with Crippen LogP contribution >= 0.6 is 11.6 Å². The molecular weight excluding hydrogens is 298 g/mol. The minimum atomic E-state index is -0.706. The maximum Gasteiger partial charge on any atom is 0.383 e. The minimum absolute atomic E-state index is 0.0258. The number of aromatic nitrogens is 2. The molecule has 0 saturated carbocycles. The van der Waals surface area contributed by atoms with Gasteiger partial charge in [0, 0.05) is 6.54 Å². The molecular formula is C13H14ClN3O4. The van der Waals surface area contributed by atoms with Crippen molar-refractivity contribution in [2.45, 2.75) is 19.1 Å². The molecule has 0 fully saturated rings. The van der Waals surface area contributed by atoms with Gasteiger partial charge in [0.15, 0.2) is 0 Å². The van der Waals surface area contributed by atoms with Crippen LogP contribution in [0.2, 0.25) is 5.28 Å². The lowest BCUT2D eigenvalue weighted by Gasteiger charge is -2.12. The predicted octanol–water partition coefficient (Wildman–Crippen LogP) is 2.27. The molecule has 21 heavy (non-hydrogen) atoms. The number of aryl methyl sites for hydroxylation is 1. The predicted molar refractivity (Wildman–Crippen MR) is 76.5 cm³/mol. The third-order valence-electron chi connectivity index (χ3n) is 2.79. The van der Waals surface area contributed by atoms with Crippen LogP contribution in [0.15, 0.2) is 36.5 Å². The Balaban J connectivity index is 1.81. The number of imidazole rings is 1. The summed E-state index contributed by atoms with van der Waals surface area (Å²) < 4.78 is 6.84. The van der Waals surface area contributed by atoms with Gasteiger partial charge < -0.3 is 20.0 Å². The summed E-state index contributed by atoms with van der Waals surface area (Å²) in [5, 5.41) is 20.4. The van der Waals surface area contributed by atoms with Crippen LogP contribution in [0.1, 0.15) is 6.42 Å². The van der Waals surface area contributed by atoms with Crippen molar-refractivity contribution in [2.24, 2.45) is 0 Å². The molecule has 2 aromatic rings. The second-order valence-corrected chi connectivity index (χ2v) is 4.72. The van der Waals surface area contributed by atoms with E-state index in [0.717, 1.165) is 0 Å². The van der Waals surface area contributed by atoms with Crippen LogP contribution in [0.4, 0.5) is 5.82 Å². The Morgan fingerprint density at radius 3 is 2.76 bits per heavy atom. The van der Waals surface area contributed by atoms with Crippen molar-refractivity contribution in [2.75, 3.05) is 6.61 Å². The zero-order valence-corrected chi connectivity index (χ0v) is 11.8. The van der Waals surface area contributed by atoms with Crippen LogP contribution in [-0.4, -0.2) is 32.3 Å². The normalized spacial score (nSPS) is 12.1. The number of para-hydroxylation sites is 1. The molecule has 0 aliphatic rings. The molecule has 112 valence electrons. The van der Waals surface area contributed by atoms with Gasteiger partial charge in [0.25, 0.3) is 0 Å². The lowest BCUT2D eigenvalue weighted by atomic mass is 10.2. The van der Waals surface area contributed by atoms with Crippen LogP contribution in [0.3, 0.4) is 0 Å². The van der Waals surface area contributed by atoms with Gasteiger partial charge in [-0.25, -0.2) is 0 Å². The van der Waals surface area contributed by atoms with E-state index in [0.29, 0.717) is 18.7 Å². The molecule has 1 heterocycles. The number of halogens is 1. The molecule has 1 atom stereocenters. The van der Waals surface area contributed by atoms with Crippen LogP contribution in [-0.2, 0) is 6.54 Å². The van der Waals surface area contributed by atoms with Crippen LogP contribution in [0.5, 0.6) is 5.75 Å². The molecule has 0 amide bonds. The van der Waals surface area contributed by atoms with Crippen molar-refractivity contribution in [3.8, 4) is 5.75 Å². The first-order valence-electron chi connectivity index (χ1n) is 6.29. The van der Waals surface area contributed by atoms with E-state index in [-0.39, 0.29) is 17.7 Å². The van der Waals surface area contributed by atoms with Gasteiger partial charge in [0.1, 0.15) is 18.6 Å². The van der Waals surface area contributed by atoms with Gasteiger partial charge in [-0.1, -0.05) is 18.2 Å². The van der Waals surface area contributed by atoms with Gasteiger partial charge in [0.05, 0.1) is 6.10 Å². The number of aliphatic hydroxyl groups is 1. The van der Waals surface area contributed by atoms with Crippen molar-refractivity contribution < 1.29 is 14.8 Å². The molecule has 0 saturated heterocycles. The molecule has 0 radical (unpaired) electrons. The Bertz CT molecular complexity index is 603. The molecule has 8 heteroatoms. The van der Waals surface area contributed by atoms with Crippen molar-refractivity contribution in [1.29, 1.82) is 0 Å². The Morgan fingerprint density at radius 2 is 2.14 bits per heavy atom. The summed E-state index contributed by atoms with van der Waals surface area (Å²) >= 11 is 5.78. The summed E-state index contributed by atoms with van der Waals surface area (Å²) in [6.07, 6.45) is 0.885. The average molecular weight is 312 g/mol. The molecule has 0 aliphatic heterocycles. The molecule has 7 nitrogen and oxygen atoms in total. The smallest absolute Gasteiger partial charge is 0.383 e. The quantitative estimate of drug-likeness (QED) is 0.625. The van der Waals surface area contributed by atoms with E-state index in [2.05, 4.69) is 4.98 Å². The minimum Gasteiger partial charge on any atom is -0.491 e. The maximum atomic E-state index is 10.6. The fourth-order valence-corrected chi connectivity index (χ4v) is 1.93. The second kappa shape index (κ2) is 7.05. The number of nitrogens with zero attached hydrogens (tertiary/aromatic N) is 3. The largest absolute Gasteiger partial charge is 0.491 e. The van der Waals surface area contributed by atoms with E-state index in [1.165, 1.54) is 10.8 Å². The second-order valence-electron chi connectivity index (χ2n) is 4.39. The number of aliphatic hydroxyl groups excluding tert-OH is 1. The fraction of sp³-hybridized carbons (Fsp3) is 0.308. The molecule has 0 spiro atoms. The number of ether oxygens (including phenoxy) is 1. The molecule has 1 aromatic carbocycles. The van der Waals surface area contributed by atoms with Crippen molar-refractivity contribution in [1.82, 2.24) is 9.55 Å². The lowest BCUT2D eigenvalue weighted by Crippen LogP contribution is -2.19. The van der Waals surface area contributed by atoms with Crippen LogP contribution in [0.25, 0.3) is 0 Å². The molecule has 1 N–H and O–H groups in total. The fourth-order valence-electron chi connectivity index (χ4n) is 1.71. The molecule has 0 aliphatic carbocycles.